The first kappa shape index (κ1) is 9.77. The van der Waals surface area contributed by atoms with Gasteiger partial charge in [-0.3, -0.25) is 0 Å². The number of benzene rings is 1. The van der Waals surface area contributed by atoms with E-state index in [0.29, 0.717) is 18.2 Å². The molecule has 0 amide bonds. The van der Waals surface area contributed by atoms with E-state index in [1.165, 1.54) is 0 Å². The molecule has 1 heterocycles. The van der Waals surface area contributed by atoms with Gasteiger partial charge in [-0.15, -0.1) is 0 Å². The first-order valence-corrected chi connectivity index (χ1v) is 4.91. The summed E-state index contributed by atoms with van der Waals surface area (Å²) in [5, 5.41) is 1.05. The molecule has 0 saturated heterocycles. The smallest absolute Gasteiger partial charge is 0.257 e. The van der Waals surface area contributed by atoms with Crippen molar-refractivity contribution in [3.63, 3.8) is 0 Å². The molecule has 1 aromatic heterocycles. The van der Waals surface area contributed by atoms with Gasteiger partial charge in [-0.1, -0.05) is 18.2 Å². The summed E-state index contributed by atoms with van der Waals surface area (Å²) >= 11 is 0. The van der Waals surface area contributed by atoms with Crippen LogP contribution >= 0.6 is 0 Å². The molecule has 0 fully saturated rings. The van der Waals surface area contributed by atoms with Gasteiger partial charge in [-0.25, -0.2) is 4.98 Å². The van der Waals surface area contributed by atoms with Gasteiger partial charge in [0.1, 0.15) is 0 Å². The molecule has 2 aromatic rings. The second-order valence-corrected chi connectivity index (χ2v) is 3.12. The zero-order valence-electron chi connectivity index (χ0n) is 8.86. The number of methoxy groups -OCH3 is 1. The van der Waals surface area contributed by atoms with Crippen LogP contribution in [0.2, 0.25) is 0 Å². The summed E-state index contributed by atoms with van der Waals surface area (Å²) < 4.78 is 10.6. The minimum Gasteiger partial charge on any atom is -0.491 e. The fourth-order valence-corrected chi connectivity index (χ4v) is 1.47. The summed E-state index contributed by atoms with van der Waals surface area (Å²) in [5.74, 6) is 1.23. The van der Waals surface area contributed by atoms with Crippen molar-refractivity contribution in [3.8, 4) is 11.6 Å². The Balaban J connectivity index is 2.58. The summed E-state index contributed by atoms with van der Waals surface area (Å²) in [6, 6.07) is 9.83. The number of nitrogens with zero attached hydrogens (tertiary/aromatic N) is 1. The number of hydrogen-bond acceptors (Lipinski definition) is 3. The highest BCUT2D eigenvalue weighted by Gasteiger charge is 2.07. The minimum atomic E-state index is 0.554. The number of fused-ring (bicyclic) bond motifs is 1. The standard InChI is InChI=1S/C12H13NO2/c1-3-15-12-11(14-2)8-9-6-4-5-7-10(9)13-12/h4-8H,3H2,1-2H3. The molecule has 0 aliphatic carbocycles. The molecule has 78 valence electrons. The van der Waals surface area contributed by atoms with Crippen molar-refractivity contribution in [1.82, 2.24) is 4.98 Å². The van der Waals surface area contributed by atoms with Crippen molar-refractivity contribution >= 4 is 10.9 Å². The third kappa shape index (κ3) is 1.86. The van der Waals surface area contributed by atoms with Crippen molar-refractivity contribution in [2.75, 3.05) is 13.7 Å². The van der Waals surface area contributed by atoms with E-state index in [4.69, 9.17) is 9.47 Å². The lowest BCUT2D eigenvalue weighted by molar-refractivity contribution is 0.300. The minimum absolute atomic E-state index is 0.554. The van der Waals surface area contributed by atoms with Gasteiger partial charge >= 0.3 is 0 Å². The lowest BCUT2D eigenvalue weighted by Crippen LogP contribution is -1.98. The van der Waals surface area contributed by atoms with E-state index in [0.717, 1.165) is 10.9 Å². The van der Waals surface area contributed by atoms with E-state index < -0.39 is 0 Å². The van der Waals surface area contributed by atoms with Gasteiger partial charge in [0.15, 0.2) is 5.75 Å². The summed E-state index contributed by atoms with van der Waals surface area (Å²) in [6.45, 7) is 2.51. The summed E-state index contributed by atoms with van der Waals surface area (Å²) in [6.07, 6.45) is 0. The second-order valence-electron chi connectivity index (χ2n) is 3.12. The average molecular weight is 203 g/mol. The summed E-state index contributed by atoms with van der Waals surface area (Å²) in [7, 11) is 1.62. The molecule has 0 N–H and O–H groups in total. The predicted molar refractivity (Wildman–Crippen MR) is 59.5 cm³/mol. The molecule has 0 bridgehead atoms. The lowest BCUT2D eigenvalue weighted by Gasteiger charge is -2.09. The molecule has 3 heteroatoms. The fraction of sp³-hybridized carbons (Fsp3) is 0.250. The fourth-order valence-electron chi connectivity index (χ4n) is 1.47. The Morgan fingerprint density at radius 2 is 2.07 bits per heavy atom. The van der Waals surface area contributed by atoms with Crippen LogP contribution in [0.15, 0.2) is 30.3 Å². The predicted octanol–water partition coefficient (Wildman–Crippen LogP) is 2.64. The van der Waals surface area contributed by atoms with Crippen LogP contribution in [0.1, 0.15) is 6.92 Å². The highest BCUT2D eigenvalue weighted by Crippen LogP contribution is 2.28. The molecule has 1 aromatic carbocycles. The average Bonchev–Trinajstić information content (AvgIpc) is 2.28. The Labute approximate surface area is 88.7 Å². The molecule has 0 unspecified atom stereocenters. The molecule has 0 radical (unpaired) electrons. The first-order chi connectivity index (χ1) is 7.35. The first-order valence-electron chi connectivity index (χ1n) is 4.91. The highest BCUT2D eigenvalue weighted by molar-refractivity contribution is 5.80. The lowest BCUT2D eigenvalue weighted by atomic mass is 10.2. The Bertz CT molecular complexity index is 468. The van der Waals surface area contributed by atoms with Gasteiger partial charge in [0, 0.05) is 5.39 Å². The van der Waals surface area contributed by atoms with Crippen molar-refractivity contribution in [2.24, 2.45) is 0 Å². The quantitative estimate of drug-likeness (QED) is 0.768. The molecule has 3 nitrogen and oxygen atoms in total. The Morgan fingerprint density at radius 1 is 1.27 bits per heavy atom. The topological polar surface area (TPSA) is 31.4 Å². The van der Waals surface area contributed by atoms with Gasteiger partial charge < -0.3 is 9.47 Å². The van der Waals surface area contributed by atoms with Gasteiger partial charge in [0.25, 0.3) is 5.88 Å². The number of ether oxygens (including phenoxy) is 2. The maximum absolute atomic E-state index is 5.40. The van der Waals surface area contributed by atoms with Crippen LogP contribution in [-0.2, 0) is 0 Å². The Hall–Kier alpha value is -1.77. The molecule has 0 aliphatic rings. The third-order valence-corrected chi connectivity index (χ3v) is 2.16. The largest absolute Gasteiger partial charge is 0.491 e. The van der Waals surface area contributed by atoms with Crippen LogP contribution in [0, 0.1) is 0 Å². The van der Waals surface area contributed by atoms with Gasteiger partial charge in [-0.2, -0.15) is 0 Å². The molecule has 0 atom stereocenters. The number of aromatic nitrogens is 1. The summed E-state index contributed by atoms with van der Waals surface area (Å²) in [5.41, 5.74) is 0.918. The SMILES string of the molecule is CCOc1nc2ccccc2cc1OC. The van der Waals surface area contributed by atoms with Gasteiger partial charge in [-0.05, 0) is 19.1 Å². The number of rotatable bonds is 3. The molecule has 0 spiro atoms. The van der Waals surface area contributed by atoms with Crippen LogP contribution in [-0.4, -0.2) is 18.7 Å². The number of pyridine rings is 1. The van der Waals surface area contributed by atoms with Crippen molar-refractivity contribution in [3.05, 3.63) is 30.3 Å². The molecule has 2 rings (SSSR count). The number of hydrogen-bond donors (Lipinski definition) is 0. The maximum Gasteiger partial charge on any atom is 0.257 e. The van der Waals surface area contributed by atoms with Crippen molar-refractivity contribution in [2.45, 2.75) is 6.92 Å². The zero-order chi connectivity index (χ0) is 10.7. The van der Waals surface area contributed by atoms with E-state index in [9.17, 15) is 0 Å². The van der Waals surface area contributed by atoms with Crippen LogP contribution in [0.4, 0.5) is 0 Å². The molecule has 0 saturated carbocycles. The third-order valence-electron chi connectivity index (χ3n) is 2.16. The monoisotopic (exact) mass is 203 g/mol. The molecular formula is C12H13NO2. The van der Waals surface area contributed by atoms with E-state index in [-0.39, 0.29) is 0 Å². The van der Waals surface area contributed by atoms with Gasteiger partial charge in [0.05, 0.1) is 19.2 Å². The van der Waals surface area contributed by atoms with E-state index in [2.05, 4.69) is 4.98 Å². The Kier molecular flexibility index (Phi) is 2.72. The van der Waals surface area contributed by atoms with E-state index in [1.807, 2.05) is 37.3 Å². The van der Waals surface area contributed by atoms with Crippen molar-refractivity contribution in [1.29, 1.82) is 0 Å². The Morgan fingerprint density at radius 3 is 2.80 bits per heavy atom. The normalized spacial score (nSPS) is 10.3. The molecular weight excluding hydrogens is 190 g/mol. The van der Waals surface area contributed by atoms with E-state index >= 15 is 0 Å². The van der Waals surface area contributed by atoms with Crippen LogP contribution < -0.4 is 9.47 Å². The van der Waals surface area contributed by atoms with Crippen LogP contribution in [0.3, 0.4) is 0 Å². The molecule has 0 aliphatic heterocycles. The highest BCUT2D eigenvalue weighted by atomic mass is 16.5. The number of para-hydroxylation sites is 1. The maximum atomic E-state index is 5.40. The van der Waals surface area contributed by atoms with Gasteiger partial charge in [0.2, 0.25) is 0 Å². The zero-order valence-corrected chi connectivity index (χ0v) is 8.86. The van der Waals surface area contributed by atoms with E-state index in [1.54, 1.807) is 7.11 Å². The second kappa shape index (κ2) is 4.17. The summed E-state index contributed by atoms with van der Waals surface area (Å²) in [4.78, 5) is 4.39. The molecule has 15 heavy (non-hydrogen) atoms. The van der Waals surface area contributed by atoms with Crippen LogP contribution in [0.5, 0.6) is 11.6 Å². The van der Waals surface area contributed by atoms with Crippen molar-refractivity contribution < 1.29 is 9.47 Å². The van der Waals surface area contributed by atoms with Crippen LogP contribution in [0.25, 0.3) is 10.9 Å².